The predicted octanol–water partition coefficient (Wildman–Crippen LogP) is 3.81. The molecule has 0 heterocycles. The monoisotopic (exact) mass is 416 g/mol. The smallest absolute Gasteiger partial charge is 0.129 e. The molecule has 0 amide bonds. The molecule has 0 saturated heterocycles. The minimum atomic E-state index is -1.75. The molecule has 2 aliphatic carbocycles. The van der Waals surface area contributed by atoms with Crippen molar-refractivity contribution in [1.29, 1.82) is 0 Å². The van der Waals surface area contributed by atoms with Crippen LogP contribution < -0.4 is 0 Å². The molecule has 3 unspecified atom stereocenters. The third-order valence-corrected chi connectivity index (χ3v) is 18.2. The lowest BCUT2D eigenvalue weighted by Gasteiger charge is -2.41. The lowest BCUT2D eigenvalue weighted by atomic mass is 9.73. The zero-order valence-corrected chi connectivity index (χ0v) is 19.8. The van der Waals surface area contributed by atoms with Gasteiger partial charge in [0, 0.05) is 6.89 Å². The topological polar surface area (TPSA) is 49.7 Å². The summed E-state index contributed by atoms with van der Waals surface area (Å²) in [7, 11) is 5.55. The molecule has 2 rings (SSSR count). The van der Waals surface area contributed by atoms with Gasteiger partial charge in [0.25, 0.3) is 0 Å². The van der Waals surface area contributed by atoms with Gasteiger partial charge in [-0.25, -0.2) is 0 Å². The Hall–Kier alpha value is 0.585. The maximum Gasteiger partial charge on any atom is 0.129 e. The van der Waals surface area contributed by atoms with Gasteiger partial charge in [-0.05, 0) is 52.8 Å². The lowest BCUT2D eigenvalue weighted by molar-refractivity contribution is -0.145. The van der Waals surface area contributed by atoms with Crippen molar-refractivity contribution in [3.63, 3.8) is 0 Å². The van der Waals surface area contributed by atoms with Gasteiger partial charge in [-0.1, -0.05) is 6.30 Å². The number of ether oxygens (including phenoxy) is 1. The van der Waals surface area contributed by atoms with Gasteiger partial charge in [-0.2, -0.15) is 0 Å². The second-order valence-corrected chi connectivity index (χ2v) is 18.4. The number of hydrogen-bond acceptors (Lipinski definition) is 3. The van der Waals surface area contributed by atoms with E-state index in [1.54, 1.807) is 6.92 Å². The van der Waals surface area contributed by atoms with Crippen LogP contribution in [0.2, 0.25) is 5.82 Å². The van der Waals surface area contributed by atoms with Crippen molar-refractivity contribution >= 4 is 48.7 Å². The van der Waals surface area contributed by atoms with Gasteiger partial charge in [-0.15, -0.1) is 0 Å². The van der Waals surface area contributed by atoms with Crippen LogP contribution in [0, 0.1) is 5.92 Å². The fourth-order valence-corrected chi connectivity index (χ4v) is 16.2. The molecule has 7 heteroatoms. The first kappa shape index (κ1) is 22.9. The van der Waals surface area contributed by atoms with E-state index >= 15 is 0 Å². The first-order valence-electron chi connectivity index (χ1n) is 9.46. The molecule has 3 nitrogen and oxygen atoms in total. The molecular weight excluding hydrogens is 380 g/mol. The molecule has 0 aromatic heterocycles. The van der Waals surface area contributed by atoms with E-state index in [9.17, 15) is 10.2 Å². The van der Waals surface area contributed by atoms with Crippen LogP contribution in [0.15, 0.2) is 0 Å². The van der Waals surface area contributed by atoms with Crippen molar-refractivity contribution in [3.05, 3.63) is 0 Å². The molecule has 0 bridgehead atoms. The van der Waals surface area contributed by atoms with Crippen LogP contribution in [0.4, 0.5) is 0 Å². The summed E-state index contributed by atoms with van der Waals surface area (Å²) >= 11 is 0. The zero-order chi connectivity index (χ0) is 20.1. The summed E-state index contributed by atoms with van der Waals surface area (Å²) in [6.07, 6.45) is 15.4. The fraction of sp³-hybridized carbons (Fsp3) is 0.842. The quantitative estimate of drug-likeness (QED) is 0.444. The Morgan fingerprint density at radius 2 is 1.69 bits per heavy atom. The normalized spacial score (nSPS) is 39.9. The van der Waals surface area contributed by atoms with Crippen molar-refractivity contribution in [3.8, 4) is 0 Å². The van der Waals surface area contributed by atoms with Crippen LogP contribution in [0.5, 0.6) is 0 Å². The maximum atomic E-state index is 10.8. The van der Waals surface area contributed by atoms with Gasteiger partial charge in [0.15, 0.2) is 0 Å². The van der Waals surface area contributed by atoms with Gasteiger partial charge in [0.2, 0.25) is 0 Å². The first-order chi connectivity index (χ1) is 11.8. The summed E-state index contributed by atoms with van der Waals surface area (Å²) < 4.78 is 6.70. The van der Waals surface area contributed by atoms with E-state index in [0.29, 0.717) is 0 Å². The average Bonchev–Trinajstić information content (AvgIpc) is 3.23. The van der Waals surface area contributed by atoms with Crippen LogP contribution in [0.1, 0.15) is 41.0 Å². The Balaban J connectivity index is 2.32. The summed E-state index contributed by atoms with van der Waals surface area (Å²) in [5, 5.41) is 20.9. The highest BCUT2D eigenvalue weighted by Gasteiger charge is 2.76. The molecule has 0 aromatic rings. The van der Waals surface area contributed by atoms with Crippen molar-refractivity contribution < 1.29 is 14.9 Å². The van der Waals surface area contributed by atoms with Gasteiger partial charge in [-0.3, -0.25) is 0 Å². The van der Waals surface area contributed by atoms with Crippen molar-refractivity contribution in [2.75, 3.05) is 24.1 Å². The molecular formula is C19H36BO3P3+2. The average molecular weight is 416 g/mol. The minimum Gasteiger partial charge on any atom is -0.388 e. The molecule has 0 spiro atoms. The highest BCUT2D eigenvalue weighted by molar-refractivity contribution is 7.89. The van der Waals surface area contributed by atoms with Crippen LogP contribution in [0.3, 0.4) is 0 Å². The Morgan fingerprint density at radius 1 is 1.23 bits per heavy atom. The summed E-state index contributed by atoms with van der Waals surface area (Å²) in [6, 6.07) is 0. The molecule has 7 atom stereocenters. The Labute approximate surface area is 163 Å². The van der Waals surface area contributed by atoms with Crippen LogP contribution in [-0.2, 0) is 4.74 Å². The maximum absolute atomic E-state index is 10.8. The molecule has 0 aliphatic heterocycles. The summed E-state index contributed by atoms with van der Waals surface area (Å²) in [5.41, 5.74) is -2.02. The fourth-order valence-electron chi connectivity index (χ4n) is 4.20. The number of aliphatic hydroxyl groups excluding tert-OH is 1. The second-order valence-electron chi connectivity index (χ2n) is 8.87. The summed E-state index contributed by atoms with van der Waals surface area (Å²) in [4.78, 5) is 0. The number of fused-ring (bicyclic) bond motifs is 1. The molecule has 2 aliphatic rings. The SMILES string of the molecule is [B][C@@H]1C2C[C@@]2(OC(C)(C)P(=C)(C[P+](=C)CC)C[P+](=C)CC)[C@@H](O)[C@@]1(C)O. The molecule has 2 saturated carbocycles. The summed E-state index contributed by atoms with van der Waals surface area (Å²) in [5.74, 6) is 1.62. The Bertz CT molecular complexity index is 624. The van der Waals surface area contributed by atoms with Gasteiger partial charge < -0.3 is 14.9 Å². The molecule has 2 radical (unpaired) electrons. The number of hydrogen-bond donors (Lipinski definition) is 2. The highest BCUT2D eigenvalue weighted by Crippen LogP contribution is 2.72. The van der Waals surface area contributed by atoms with Gasteiger partial charge >= 0.3 is 0 Å². The van der Waals surface area contributed by atoms with Crippen molar-refractivity contribution in [2.24, 2.45) is 5.92 Å². The molecule has 26 heavy (non-hydrogen) atoms. The predicted molar refractivity (Wildman–Crippen MR) is 125 cm³/mol. The molecule has 0 aromatic carbocycles. The molecule has 2 fully saturated rings. The van der Waals surface area contributed by atoms with E-state index in [-0.39, 0.29) is 21.0 Å². The van der Waals surface area contributed by atoms with E-state index in [1.807, 2.05) is 0 Å². The van der Waals surface area contributed by atoms with E-state index in [4.69, 9.17) is 18.9 Å². The van der Waals surface area contributed by atoms with E-state index < -0.39 is 35.4 Å². The number of rotatable bonds is 9. The van der Waals surface area contributed by atoms with Crippen LogP contribution in [-0.4, -0.2) is 83.7 Å². The third kappa shape index (κ3) is 3.73. The minimum absolute atomic E-state index is 0.0140. The third-order valence-electron chi connectivity index (χ3n) is 6.55. The van der Waals surface area contributed by atoms with Crippen molar-refractivity contribution in [1.82, 2.24) is 0 Å². The van der Waals surface area contributed by atoms with Gasteiger partial charge in [0.05, 0.1) is 46.5 Å². The molecule has 146 valence electrons. The Morgan fingerprint density at radius 3 is 2.04 bits per heavy atom. The highest BCUT2D eigenvalue weighted by atomic mass is 31.2. The summed E-state index contributed by atoms with van der Waals surface area (Å²) in [6.45, 7) is 8.51. The zero-order valence-electron chi connectivity index (χ0n) is 17.1. The van der Waals surface area contributed by atoms with Crippen LogP contribution >= 0.6 is 22.0 Å². The second kappa shape index (κ2) is 7.44. The largest absolute Gasteiger partial charge is 0.388 e. The standard InChI is InChI=1S/C19H36BO3P3/c1-9-24(6)12-26(8,13-25(7)10-2)17(3,4)23-19-11-14(19)15(20)18(5,22)16(19)21/h14-16,21-22H,6-13H2,1-5H3/q+2/t14?,15-,16+,18+,19+/m1/s1. The number of aliphatic hydroxyl groups is 2. The lowest BCUT2D eigenvalue weighted by Crippen LogP contribution is -2.49. The Kier molecular flexibility index (Phi) is 6.55. The van der Waals surface area contributed by atoms with E-state index in [2.05, 4.69) is 40.3 Å². The molecule has 2 N–H and O–H groups in total. The van der Waals surface area contributed by atoms with Crippen LogP contribution in [0.25, 0.3) is 0 Å². The van der Waals surface area contributed by atoms with Crippen molar-refractivity contribution in [2.45, 2.75) is 69.5 Å². The van der Waals surface area contributed by atoms with E-state index in [0.717, 1.165) is 30.6 Å². The van der Waals surface area contributed by atoms with E-state index in [1.165, 1.54) is 0 Å². The first-order valence-corrected chi connectivity index (χ1v) is 15.6. The van der Waals surface area contributed by atoms with Gasteiger partial charge in [0.1, 0.15) is 35.8 Å².